The van der Waals surface area contributed by atoms with Crippen LogP contribution in [-0.4, -0.2) is 0 Å². The fourth-order valence-electron chi connectivity index (χ4n) is 1.17. The van der Waals surface area contributed by atoms with Crippen molar-refractivity contribution in [2.45, 2.75) is 19.4 Å². The van der Waals surface area contributed by atoms with Crippen LogP contribution in [0.1, 0.15) is 24.9 Å². The van der Waals surface area contributed by atoms with Gasteiger partial charge in [-0.2, -0.15) is 0 Å². The number of hydrogen-bond donors (Lipinski definition) is 0. The van der Waals surface area contributed by atoms with Crippen molar-refractivity contribution >= 4 is 23.2 Å². The van der Waals surface area contributed by atoms with Crippen LogP contribution in [0.3, 0.4) is 0 Å². The molecule has 0 aliphatic rings. The molecule has 0 aromatic heterocycles. The maximum atomic E-state index is 8.35. The van der Waals surface area contributed by atoms with Gasteiger partial charge in [-0.15, -0.1) is 0 Å². The summed E-state index contributed by atoms with van der Waals surface area (Å²) in [6.45, 7) is 1.95. The molecule has 0 unspecified atom stereocenters. The number of azide groups is 1. The van der Waals surface area contributed by atoms with Crippen LogP contribution in [0.2, 0.25) is 10.0 Å². The molecule has 1 aromatic rings. The van der Waals surface area contributed by atoms with Crippen molar-refractivity contribution in [3.05, 3.63) is 44.3 Å². The Balaban J connectivity index is 3.05. The van der Waals surface area contributed by atoms with E-state index in [9.17, 15) is 0 Å². The average molecular weight is 230 g/mol. The summed E-state index contributed by atoms with van der Waals surface area (Å²) in [6.07, 6.45) is 0.738. The molecular weight excluding hydrogens is 221 g/mol. The first-order chi connectivity index (χ1) is 6.69. The van der Waals surface area contributed by atoms with Gasteiger partial charge in [-0.05, 0) is 29.6 Å². The van der Waals surface area contributed by atoms with Crippen LogP contribution in [0, 0.1) is 0 Å². The van der Waals surface area contributed by atoms with E-state index in [0.717, 1.165) is 12.0 Å². The lowest BCUT2D eigenvalue weighted by Crippen LogP contribution is -1.92. The van der Waals surface area contributed by atoms with E-state index in [1.165, 1.54) is 0 Å². The highest BCUT2D eigenvalue weighted by atomic mass is 35.5. The highest BCUT2D eigenvalue weighted by molar-refractivity contribution is 6.42. The van der Waals surface area contributed by atoms with E-state index in [4.69, 9.17) is 28.7 Å². The molecule has 0 fully saturated rings. The Labute approximate surface area is 92.3 Å². The summed E-state index contributed by atoms with van der Waals surface area (Å²) in [5.41, 5.74) is 9.24. The van der Waals surface area contributed by atoms with Gasteiger partial charge in [0.2, 0.25) is 0 Å². The van der Waals surface area contributed by atoms with Gasteiger partial charge in [-0.1, -0.05) is 41.3 Å². The molecule has 0 spiro atoms. The average Bonchev–Trinajstić information content (AvgIpc) is 2.19. The molecular formula is C9H9Cl2N3. The second-order valence-electron chi connectivity index (χ2n) is 2.80. The monoisotopic (exact) mass is 229 g/mol. The van der Waals surface area contributed by atoms with Crippen molar-refractivity contribution in [3.8, 4) is 0 Å². The first-order valence-corrected chi connectivity index (χ1v) is 4.93. The lowest BCUT2D eigenvalue weighted by Gasteiger charge is -2.08. The zero-order valence-electron chi connectivity index (χ0n) is 7.61. The van der Waals surface area contributed by atoms with E-state index < -0.39 is 0 Å². The molecule has 5 heteroatoms. The molecule has 0 aliphatic heterocycles. The molecule has 0 aliphatic carbocycles. The van der Waals surface area contributed by atoms with E-state index in [-0.39, 0.29) is 6.04 Å². The molecule has 74 valence electrons. The Kier molecular flexibility index (Phi) is 4.08. The van der Waals surface area contributed by atoms with E-state index in [1.807, 2.05) is 13.0 Å². The number of rotatable bonds is 3. The van der Waals surface area contributed by atoms with Crippen molar-refractivity contribution < 1.29 is 0 Å². The molecule has 0 N–H and O–H groups in total. The highest BCUT2D eigenvalue weighted by Gasteiger charge is 2.08. The summed E-state index contributed by atoms with van der Waals surface area (Å²) in [7, 11) is 0. The number of benzene rings is 1. The fourth-order valence-corrected chi connectivity index (χ4v) is 1.47. The molecule has 0 saturated heterocycles. The van der Waals surface area contributed by atoms with Gasteiger partial charge in [-0.3, -0.25) is 0 Å². The maximum absolute atomic E-state index is 8.35. The van der Waals surface area contributed by atoms with Crippen LogP contribution in [0.4, 0.5) is 0 Å². The van der Waals surface area contributed by atoms with Crippen molar-refractivity contribution in [1.82, 2.24) is 0 Å². The van der Waals surface area contributed by atoms with Crippen molar-refractivity contribution in [3.63, 3.8) is 0 Å². The third-order valence-electron chi connectivity index (χ3n) is 1.91. The minimum atomic E-state index is -0.172. The Morgan fingerprint density at radius 3 is 2.64 bits per heavy atom. The molecule has 0 saturated carbocycles. The molecule has 1 aromatic carbocycles. The van der Waals surface area contributed by atoms with E-state index in [0.29, 0.717) is 10.0 Å². The number of halogens is 2. The molecule has 14 heavy (non-hydrogen) atoms. The Bertz CT molecular complexity index is 372. The second kappa shape index (κ2) is 5.11. The van der Waals surface area contributed by atoms with E-state index in [2.05, 4.69) is 10.0 Å². The molecule has 0 bridgehead atoms. The zero-order chi connectivity index (χ0) is 10.6. The minimum absolute atomic E-state index is 0.172. The Morgan fingerprint density at radius 2 is 2.14 bits per heavy atom. The second-order valence-corrected chi connectivity index (χ2v) is 3.62. The van der Waals surface area contributed by atoms with Crippen LogP contribution in [0.25, 0.3) is 10.4 Å². The Hall–Kier alpha value is -0.890. The standard InChI is InChI=1S/C9H9Cl2N3/c1-2-9(13-14-12)6-3-4-7(10)8(11)5-6/h3-5,9H,2H2,1H3/t9-/m1/s1. The molecule has 0 heterocycles. The lowest BCUT2D eigenvalue weighted by atomic mass is 10.1. The SMILES string of the molecule is CC[C@@H](N=[N+]=[N-])c1ccc(Cl)c(Cl)c1. The van der Waals surface area contributed by atoms with Gasteiger partial charge in [0, 0.05) is 4.91 Å². The third-order valence-corrected chi connectivity index (χ3v) is 2.65. The van der Waals surface area contributed by atoms with E-state index in [1.54, 1.807) is 12.1 Å². The van der Waals surface area contributed by atoms with Crippen LogP contribution in [-0.2, 0) is 0 Å². The molecule has 1 rings (SSSR count). The van der Waals surface area contributed by atoms with Gasteiger partial charge in [0.15, 0.2) is 0 Å². The normalized spacial score (nSPS) is 11.9. The fraction of sp³-hybridized carbons (Fsp3) is 0.333. The highest BCUT2D eigenvalue weighted by Crippen LogP contribution is 2.28. The zero-order valence-corrected chi connectivity index (χ0v) is 9.13. The van der Waals surface area contributed by atoms with Gasteiger partial charge >= 0.3 is 0 Å². The first kappa shape index (κ1) is 11.2. The summed E-state index contributed by atoms with van der Waals surface area (Å²) in [5, 5.41) is 4.65. The summed E-state index contributed by atoms with van der Waals surface area (Å²) >= 11 is 11.6. The topological polar surface area (TPSA) is 48.8 Å². The number of hydrogen-bond acceptors (Lipinski definition) is 1. The van der Waals surface area contributed by atoms with Gasteiger partial charge in [-0.25, -0.2) is 0 Å². The van der Waals surface area contributed by atoms with E-state index >= 15 is 0 Å². The van der Waals surface area contributed by atoms with Crippen molar-refractivity contribution in [2.75, 3.05) is 0 Å². The predicted octanol–water partition coefficient (Wildman–Crippen LogP) is 4.75. The van der Waals surface area contributed by atoms with Gasteiger partial charge in [0.05, 0.1) is 16.1 Å². The summed E-state index contributed by atoms with van der Waals surface area (Å²) in [4.78, 5) is 2.78. The maximum Gasteiger partial charge on any atom is 0.0623 e. The van der Waals surface area contributed by atoms with Crippen molar-refractivity contribution in [2.24, 2.45) is 5.11 Å². The van der Waals surface area contributed by atoms with Crippen LogP contribution >= 0.6 is 23.2 Å². The van der Waals surface area contributed by atoms with Gasteiger partial charge in [0.1, 0.15) is 0 Å². The van der Waals surface area contributed by atoms with Crippen LogP contribution < -0.4 is 0 Å². The smallest absolute Gasteiger partial charge is 0.0623 e. The summed E-state index contributed by atoms with van der Waals surface area (Å²) in [5.74, 6) is 0. The minimum Gasteiger partial charge on any atom is -0.0859 e. The third kappa shape index (κ3) is 2.55. The summed E-state index contributed by atoms with van der Waals surface area (Å²) in [6, 6.07) is 5.08. The Morgan fingerprint density at radius 1 is 1.43 bits per heavy atom. The quantitative estimate of drug-likeness (QED) is 0.408. The van der Waals surface area contributed by atoms with Gasteiger partial charge < -0.3 is 0 Å². The van der Waals surface area contributed by atoms with Gasteiger partial charge in [0.25, 0.3) is 0 Å². The molecule has 3 nitrogen and oxygen atoms in total. The molecule has 1 atom stereocenters. The van der Waals surface area contributed by atoms with Crippen LogP contribution in [0.15, 0.2) is 23.3 Å². The number of nitrogens with zero attached hydrogens (tertiary/aromatic N) is 3. The molecule has 0 amide bonds. The largest absolute Gasteiger partial charge is 0.0859 e. The molecule has 0 radical (unpaired) electrons. The van der Waals surface area contributed by atoms with Crippen LogP contribution in [0.5, 0.6) is 0 Å². The first-order valence-electron chi connectivity index (χ1n) is 4.18. The van der Waals surface area contributed by atoms with Crippen molar-refractivity contribution in [1.29, 1.82) is 0 Å². The summed E-state index contributed by atoms with van der Waals surface area (Å²) < 4.78 is 0. The predicted molar refractivity (Wildman–Crippen MR) is 58.6 cm³/mol. The lowest BCUT2D eigenvalue weighted by molar-refractivity contribution is 0.693.